The van der Waals surface area contributed by atoms with Crippen LogP contribution < -0.4 is 5.32 Å². The number of halogens is 1. The van der Waals surface area contributed by atoms with Gasteiger partial charge >= 0.3 is 0 Å². The molecule has 1 aromatic carbocycles. The van der Waals surface area contributed by atoms with E-state index in [2.05, 4.69) is 10.3 Å². The van der Waals surface area contributed by atoms with Crippen LogP contribution in [0.15, 0.2) is 24.4 Å². The van der Waals surface area contributed by atoms with E-state index < -0.39 is 0 Å². The van der Waals surface area contributed by atoms with Gasteiger partial charge in [-0.05, 0) is 31.5 Å². The van der Waals surface area contributed by atoms with Crippen LogP contribution in [0.4, 0.5) is 10.1 Å². The molecule has 0 saturated heterocycles. The Hall–Kier alpha value is -1.64. The van der Waals surface area contributed by atoms with Crippen molar-refractivity contribution in [1.29, 1.82) is 0 Å². The molecule has 0 saturated carbocycles. The molecule has 78 valence electrons. The minimum atomic E-state index is -0.223. The molecule has 0 spiro atoms. The Labute approximate surface area is 88.1 Å². The van der Waals surface area contributed by atoms with Crippen molar-refractivity contribution in [3.8, 4) is 0 Å². The molecule has 0 fully saturated rings. The van der Waals surface area contributed by atoms with Gasteiger partial charge in [0.1, 0.15) is 5.82 Å². The lowest BCUT2D eigenvalue weighted by Crippen LogP contribution is -1.99. The summed E-state index contributed by atoms with van der Waals surface area (Å²) in [4.78, 5) is 4.20. The van der Waals surface area contributed by atoms with Gasteiger partial charge in [0.2, 0.25) is 0 Å². The van der Waals surface area contributed by atoms with Crippen LogP contribution >= 0.6 is 0 Å². The minimum Gasteiger partial charge on any atom is -0.385 e. The van der Waals surface area contributed by atoms with Gasteiger partial charge in [0.25, 0.3) is 0 Å². The first-order valence-corrected chi connectivity index (χ1v) is 5.01. The highest BCUT2D eigenvalue weighted by Gasteiger charge is 2.08. The fourth-order valence-corrected chi connectivity index (χ4v) is 1.70. The summed E-state index contributed by atoms with van der Waals surface area (Å²) in [6.07, 6.45) is 1.70. The summed E-state index contributed by atoms with van der Waals surface area (Å²) in [7, 11) is 0. The van der Waals surface area contributed by atoms with Gasteiger partial charge in [0.05, 0.1) is 10.9 Å². The lowest BCUT2D eigenvalue weighted by molar-refractivity contribution is 0.639. The number of fused-ring (bicyclic) bond motifs is 1. The average molecular weight is 204 g/mol. The summed E-state index contributed by atoms with van der Waals surface area (Å²) < 4.78 is 13.7. The molecule has 0 aliphatic rings. The van der Waals surface area contributed by atoms with Crippen LogP contribution in [0, 0.1) is 12.7 Å². The normalized spacial score (nSPS) is 10.6. The molecule has 0 radical (unpaired) electrons. The van der Waals surface area contributed by atoms with Crippen molar-refractivity contribution in [2.24, 2.45) is 0 Å². The quantitative estimate of drug-likeness (QED) is 0.813. The highest BCUT2D eigenvalue weighted by atomic mass is 19.1. The van der Waals surface area contributed by atoms with E-state index in [4.69, 9.17) is 0 Å². The second-order valence-corrected chi connectivity index (χ2v) is 3.48. The monoisotopic (exact) mass is 204 g/mol. The lowest BCUT2D eigenvalue weighted by atomic mass is 10.1. The molecule has 2 nitrogen and oxygen atoms in total. The molecule has 0 aliphatic heterocycles. The van der Waals surface area contributed by atoms with Gasteiger partial charge in [-0.2, -0.15) is 0 Å². The Morgan fingerprint density at radius 2 is 2.13 bits per heavy atom. The Bertz CT molecular complexity index is 494. The third-order valence-electron chi connectivity index (χ3n) is 2.41. The van der Waals surface area contributed by atoms with Crippen LogP contribution in [0.1, 0.15) is 12.5 Å². The maximum Gasteiger partial charge on any atom is 0.134 e. The van der Waals surface area contributed by atoms with E-state index in [1.807, 2.05) is 13.8 Å². The second kappa shape index (κ2) is 3.85. The second-order valence-electron chi connectivity index (χ2n) is 3.48. The Kier molecular flexibility index (Phi) is 2.54. The van der Waals surface area contributed by atoms with Crippen LogP contribution in [0.5, 0.6) is 0 Å². The fraction of sp³-hybridized carbons (Fsp3) is 0.250. The Morgan fingerprint density at radius 3 is 2.87 bits per heavy atom. The van der Waals surface area contributed by atoms with Crippen LogP contribution in [-0.4, -0.2) is 11.5 Å². The highest BCUT2D eigenvalue weighted by molar-refractivity contribution is 5.93. The fourth-order valence-electron chi connectivity index (χ4n) is 1.70. The number of anilines is 1. The number of rotatable bonds is 2. The summed E-state index contributed by atoms with van der Waals surface area (Å²) in [5.41, 5.74) is 2.53. The predicted molar refractivity (Wildman–Crippen MR) is 60.6 cm³/mol. The zero-order chi connectivity index (χ0) is 10.8. The van der Waals surface area contributed by atoms with Crippen LogP contribution in [0.2, 0.25) is 0 Å². The maximum absolute atomic E-state index is 13.7. The predicted octanol–water partition coefficient (Wildman–Crippen LogP) is 3.11. The van der Waals surface area contributed by atoms with Gasteiger partial charge in [-0.1, -0.05) is 6.07 Å². The van der Waals surface area contributed by atoms with E-state index in [1.54, 1.807) is 18.3 Å². The number of pyridine rings is 1. The molecule has 0 bridgehead atoms. The molecular formula is C12H13FN2. The Balaban J connectivity index is 2.78. The lowest BCUT2D eigenvalue weighted by Gasteiger charge is -2.09. The van der Waals surface area contributed by atoms with E-state index in [0.717, 1.165) is 23.3 Å². The summed E-state index contributed by atoms with van der Waals surface area (Å²) in [6, 6.07) is 5.04. The van der Waals surface area contributed by atoms with Gasteiger partial charge in [0.15, 0.2) is 0 Å². The van der Waals surface area contributed by atoms with E-state index in [0.29, 0.717) is 5.39 Å². The van der Waals surface area contributed by atoms with Crippen molar-refractivity contribution < 1.29 is 4.39 Å². The van der Waals surface area contributed by atoms with Gasteiger partial charge < -0.3 is 5.32 Å². The first-order chi connectivity index (χ1) is 7.24. The number of hydrogen-bond donors (Lipinski definition) is 1. The standard InChI is InChI=1S/C12H13FN2/c1-3-14-10-6-7-15-12-8(2)4-5-9(13)11(10)12/h4-7H,3H2,1-2H3,(H,14,15). The van der Waals surface area contributed by atoms with E-state index in [9.17, 15) is 4.39 Å². The van der Waals surface area contributed by atoms with E-state index in [-0.39, 0.29) is 5.82 Å². The molecule has 1 N–H and O–H groups in total. The molecular weight excluding hydrogens is 191 g/mol. The first-order valence-electron chi connectivity index (χ1n) is 5.01. The zero-order valence-electron chi connectivity index (χ0n) is 8.84. The topological polar surface area (TPSA) is 24.9 Å². The summed E-state index contributed by atoms with van der Waals surface area (Å²) in [5.74, 6) is -0.223. The third-order valence-corrected chi connectivity index (χ3v) is 2.41. The zero-order valence-corrected chi connectivity index (χ0v) is 8.84. The largest absolute Gasteiger partial charge is 0.385 e. The van der Waals surface area contributed by atoms with Gasteiger partial charge in [-0.25, -0.2) is 4.39 Å². The van der Waals surface area contributed by atoms with Gasteiger partial charge in [-0.15, -0.1) is 0 Å². The molecule has 15 heavy (non-hydrogen) atoms. The van der Waals surface area contributed by atoms with Crippen molar-refractivity contribution >= 4 is 16.6 Å². The molecule has 0 unspecified atom stereocenters. The number of benzene rings is 1. The highest BCUT2D eigenvalue weighted by Crippen LogP contribution is 2.26. The van der Waals surface area contributed by atoms with E-state index >= 15 is 0 Å². The van der Waals surface area contributed by atoms with E-state index in [1.165, 1.54) is 6.07 Å². The molecule has 1 heterocycles. The van der Waals surface area contributed by atoms with Crippen molar-refractivity contribution in [2.75, 3.05) is 11.9 Å². The maximum atomic E-state index is 13.7. The summed E-state index contributed by atoms with van der Waals surface area (Å²) in [6.45, 7) is 4.69. The van der Waals surface area contributed by atoms with Crippen LogP contribution in [0.3, 0.4) is 0 Å². The number of nitrogens with zero attached hydrogens (tertiary/aromatic N) is 1. The Morgan fingerprint density at radius 1 is 1.33 bits per heavy atom. The summed E-state index contributed by atoms with van der Waals surface area (Å²) in [5, 5.41) is 3.72. The third kappa shape index (κ3) is 1.65. The van der Waals surface area contributed by atoms with Crippen molar-refractivity contribution in [1.82, 2.24) is 4.98 Å². The van der Waals surface area contributed by atoms with Crippen LogP contribution in [0.25, 0.3) is 10.9 Å². The molecule has 3 heteroatoms. The molecule has 2 rings (SSSR count). The first kappa shape index (κ1) is 9.90. The smallest absolute Gasteiger partial charge is 0.134 e. The molecule has 1 aromatic heterocycles. The molecule has 0 atom stereocenters. The molecule has 0 aliphatic carbocycles. The number of aromatic nitrogens is 1. The van der Waals surface area contributed by atoms with Crippen molar-refractivity contribution in [2.45, 2.75) is 13.8 Å². The molecule has 0 amide bonds. The van der Waals surface area contributed by atoms with Crippen molar-refractivity contribution in [3.63, 3.8) is 0 Å². The van der Waals surface area contributed by atoms with Gasteiger partial charge in [-0.3, -0.25) is 4.98 Å². The SMILES string of the molecule is CCNc1ccnc2c(C)ccc(F)c12. The average Bonchev–Trinajstić information content (AvgIpc) is 2.24. The van der Waals surface area contributed by atoms with Crippen molar-refractivity contribution in [3.05, 3.63) is 35.8 Å². The number of nitrogens with one attached hydrogen (secondary N) is 1. The summed E-state index contributed by atoms with van der Waals surface area (Å²) >= 11 is 0. The number of aryl methyl sites for hydroxylation is 1. The van der Waals surface area contributed by atoms with Crippen LogP contribution in [-0.2, 0) is 0 Å². The number of hydrogen-bond acceptors (Lipinski definition) is 2. The minimum absolute atomic E-state index is 0.223. The molecule has 2 aromatic rings. The van der Waals surface area contributed by atoms with Gasteiger partial charge in [0, 0.05) is 18.4 Å².